The first kappa shape index (κ1) is 13.9. The van der Waals surface area contributed by atoms with Crippen molar-refractivity contribution >= 4 is 0 Å². The minimum absolute atomic E-state index is 0.00377. The molecule has 0 radical (unpaired) electrons. The Balaban J connectivity index is 2.74. The van der Waals surface area contributed by atoms with Gasteiger partial charge in [-0.3, -0.25) is 0 Å². The fraction of sp³-hybridized carbons (Fsp3) is 0.455. The maximum atomic E-state index is 13.5. The third-order valence-corrected chi connectivity index (χ3v) is 2.18. The molecule has 0 aliphatic heterocycles. The van der Waals surface area contributed by atoms with Gasteiger partial charge in [-0.05, 0) is 6.07 Å². The summed E-state index contributed by atoms with van der Waals surface area (Å²) in [5.41, 5.74) is -1.24. The van der Waals surface area contributed by atoms with Gasteiger partial charge in [0, 0.05) is 25.8 Å². The summed E-state index contributed by atoms with van der Waals surface area (Å²) in [7, 11) is 1.51. The Morgan fingerprint density at radius 3 is 2.59 bits per heavy atom. The molecule has 0 heterocycles. The predicted octanol–water partition coefficient (Wildman–Crippen LogP) is 2.58. The van der Waals surface area contributed by atoms with Crippen molar-refractivity contribution in [3.63, 3.8) is 0 Å². The minimum Gasteiger partial charge on any atom is -0.383 e. The average molecular weight is 251 g/mol. The molecule has 0 fully saturated rings. The van der Waals surface area contributed by atoms with Crippen LogP contribution < -0.4 is 5.32 Å². The highest BCUT2D eigenvalue weighted by Crippen LogP contribution is 2.32. The number of benzene rings is 1. The van der Waals surface area contributed by atoms with Crippen LogP contribution in [0.15, 0.2) is 18.2 Å². The first-order valence-corrected chi connectivity index (χ1v) is 5.01. The van der Waals surface area contributed by atoms with Crippen molar-refractivity contribution in [3.05, 3.63) is 35.1 Å². The van der Waals surface area contributed by atoms with E-state index in [9.17, 15) is 17.6 Å². The molecule has 0 atom stereocenters. The molecule has 0 bridgehead atoms. The summed E-state index contributed by atoms with van der Waals surface area (Å²) in [4.78, 5) is 0. The number of alkyl halides is 3. The Bertz CT molecular complexity index is 365. The van der Waals surface area contributed by atoms with E-state index in [1.54, 1.807) is 0 Å². The van der Waals surface area contributed by atoms with Gasteiger partial charge >= 0.3 is 6.18 Å². The number of nitrogens with one attached hydrogen (secondary N) is 1. The summed E-state index contributed by atoms with van der Waals surface area (Å²) >= 11 is 0. The summed E-state index contributed by atoms with van der Waals surface area (Å²) in [6, 6.07) is 3.25. The lowest BCUT2D eigenvalue weighted by atomic mass is 10.1. The van der Waals surface area contributed by atoms with E-state index in [-0.39, 0.29) is 12.1 Å². The second-order valence-corrected chi connectivity index (χ2v) is 3.45. The van der Waals surface area contributed by atoms with Gasteiger partial charge in [0.2, 0.25) is 0 Å². The van der Waals surface area contributed by atoms with Gasteiger partial charge in [-0.2, -0.15) is 13.2 Å². The molecule has 0 aromatic heterocycles. The average Bonchev–Trinajstić information content (AvgIpc) is 2.25. The SMILES string of the molecule is COCCNCc1cccc(C(F)(F)F)c1F. The third kappa shape index (κ3) is 3.98. The minimum atomic E-state index is -4.66. The molecule has 2 nitrogen and oxygen atoms in total. The van der Waals surface area contributed by atoms with Gasteiger partial charge < -0.3 is 10.1 Å². The lowest BCUT2D eigenvalue weighted by Crippen LogP contribution is -2.20. The van der Waals surface area contributed by atoms with E-state index in [2.05, 4.69) is 5.32 Å². The van der Waals surface area contributed by atoms with Crippen molar-refractivity contribution in [1.82, 2.24) is 5.32 Å². The molecule has 1 aromatic carbocycles. The Morgan fingerprint density at radius 1 is 1.29 bits per heavy atom. The molecule has 0 saturated heterocycles. The van der Waals surface area contributed by atoms with Gasteiger partial charge in [-0.1, -0.05) is 12.1 Å². The molecule has 96 valence electrons. The number of ether oxygens (including phenoxy) is 1. The zero-order chi connectivity index (χ0) is 12.9. The van der Waals surface area contributed by atoms with Crippen molar-refractivity contribution in [2.45, 2.75) is 12.7 Å². The number of rotatable bonds is 5. The highest BCUT2D eigenvalue weighted by atomic mass is 19.4. The lowest BCUT2D eigenvalue weighted by Gasteiger charge is -2.11. The molecule has 0 amide bonds. The Labute approximate surface area is 96.6 Å². The molecule has 6 heteroatoms. The molecule has 17 heavy (non-hydrogen) atoms. The predicted molar refractivity (Wildman–Crippen MR) is 55.0 cm³/mol. The van der Waals surface area contributed by atoms with Gasteiger partial charge in [0.15, 0.2) is 0 Å². The van der Waals surface area contributed by atoms with E-state index in [1.165, 1.54) is 19.2 Å². The second kappa shape index (κ2) is 5.97. The zero-order valence-corrected chi connectivity index (χ0v) is 9.27. The molecule has 0 aliphatic rings. The van der Waals surface area contributed by atoms with Crippen LogP contribution in [0.2, 0.25) is 0 Å². The highest BCUT2D eigenvalue weighted by Gasteiger charge is 2.34. The number of hydrogen-bond acceptors (Lipinski definition) is 2. The first-order chi connectivity index (χ1) is 7.96. The summed E-state index contributed by atoms with van der Waals surface area (Å²) in [6.07, 6.45) is -4.66. The van der Waals surface area contributed by atoms with Gasteiger partial charge in [-0.25, -0.2) is 4.39 Å². The lowest BCUT2D eigenvalue weighted by molar-refractivity contribution is -0.140. The summed E-state index contributed by atoms with van der Waals surface area (Å²) in [5.74, 6) is -1.22. The molecule has 0 unspecified atom stereocenters. The van der Waals surface area contributed by atoms with E-state index in [0.29, 0.717) is 13.2 Å². The van der Waals surface area contributed by atoms with Gasteiger partial charge in [0.1, 0.15) is 5.82 Å². The van der Waals surface area contributed by atoms with Crippen LogP contribution in [0.5, 0.6) is 0 Å². The zero-order valence-electron chi connectivity index (χ0n) is 9.27. The largest absolute Gasteiger partial charge is 0.419 e. The summed E-state index contributed by atoms with van der Waals surface area (Å²) in [5, 5.41) is 2.79. The quantitative estimate of drug-likeness (QED) is 0.641. The summed E-state index contributed by atoms with van der Waals surface area (Å²) in [6.45, 7) is 0.909. The van der Waals surface area contributed by atoms with Crippen LogP contribution in [0, 0.1) is 5.82 Å². The van der Waals surface area contributed by atoms with Crippen LogP contribution in [0.1, 0.15) is 11.1 Å². The van der Waals surface area contributed by atoms with Crippen LogP contribution in [-0.4, -0.2) is 20.3 Å². The van der Waals surface area contributed by atoms with Crippen LogP contribution in [0.3, 0.4) is 0 Å². The van der Waals surface area contributed by atoms with Crippen molar-refractivity contribution in [2.75, 3.05) is 20.3 Å². The molecule has 1 N–H and O–H groups in total. The van der Waals surface area contributed by atoms with E-state index in [4.69, 9.17) is 4.74 Å². The standard InChI is InChI=1S/C11H13F4NO/c1-17-6-5-16-7-8-3-2-4-9(10(8)12)11(13,14)15/h2-4,16H,5-7H2,1H3. The van der Waals surface area contributed by atoms with Crippen molar-refractivity contribution in [2.24, 2.45) is 0 Å². The van der Waals surface area contributed by atoms with Crippen molar-refractivity contribution < 1.29 is 22.3 Å². The monoisotopic (exact) mass is 251 g/mol. The van der Waals surface area contributed by atoms with Gasteiger partial charge in [0.25, 0.3) is 0 Å². The first-order valence-electron chi connectivity index (χ1n) is 5.01. The maximum Gasteiger partial charge on any atom is 0.419 e. The van der Waals surface area contributed by atoms with Crippen LogP contribution in [0.25, 0.3) is 0 Å². The normalized spacial score (nSPS) is 11.8. The van der Waals surface area contributed by atoms with E-state index >= 15 is 0 Å². The highest BCUT2D eigenvalue weighted by molar-refractivity contribution is 5.28. The Hall–Kier alpha value is -1.14. The summed E-state index contributed by atoms with van der Waals surface area (Å²) < 4.78 is 55.4. The van der Waals surface area contributed by atoms with Crippen molar-refractivity contribution in [3.8, 4) is 0 Å². The van der Waals surface area contributed by atoms with Gasteiger partial charge in [-0.15, -0.1) is 0 Å². The maximum absolute atomic E-state index is 13.5. The molecule has 0 aliphatic carbocycles. The van der Waals surface area contributed by atoms with E-state index < -0.39 is 17.6 Å². The molecular weight excluding hydrogens is 238 g/mol. The molecule has 0 saturated carbocycles. The van der Waals surface area contributed by atoms with Crippen LogP contribution in [-0.2, 0) is 17.5 Å². The molecule has 1 aromatic rings. The second-order valence-electron chi connectivity index (χ2n) is 3.45. The molecule has 0 spiro atoms. The Kier molecular flexibility index (Phi) is 4.89. The molecule has 1 rings (SSSR count). The van der Waals surface area contributed by atoms with E-state index in [0.717, 1.165) is 6.07 Å². The molecular formula is C11H13F4NO. The number of halogens is 4. The van der Waals surface area contributed by atoms with Crippen LogP contribution in [0.4, 0.5) is 17.6 Å². The van der Waals surface area contributed by atoms with Crippen LogP contribution >= 0.6 is 0 Å². The van der Waals surface area contributed by atoms with Crippen molar-refractivity contribution in [1.29, 1.82) is 0 Å². The third-order valence-electron chi connectivity index (χ3n) is 2.18. The smallest absolute Gasteiger partial charge is 0.383 e. The van der Waals surface area contributed by atoms with Gasteiger partial charge in [0.05, 0.1) is 12.2 Å². The fourth-order valence-corrected chi connectivity index (χ4v) is 1.33. The topological polar surface area (TPSA) is 21.3 Å². The Morgan fingerprint density at radius 2 is 2.00 bits per heavy atom. The van der Waals surface area contributed by atoms with E-state index in [1.807, 2.05) is 0 Å². The fourth-order valence-electron chi connectivity index (χ4n) is 1.33. The number of methoxy groups -OCH3 is 1. The number of hydrogen-bond donors (Lipinski definition) is 1.